The van der Waals surface area contributed by atoms with Crippen LogP contribution in [0.1, 0.15) is 12.5 Å². The van der Waals surface area contributed by atoms with Crippen LogP contribution in [0.2, 0.25) is 4.34 Å². The van der Waals surface area contributed by atoms with Crippen LogP contribution in [0.3, 0.4) is 0 Å². The van der Waals surface area contributed by atoms with Crippen molar-refractivity contribution < 1.29 is 13.2 Å². The Morgan fingerprint density at radius 1 is 1.22 bits per heavy atom. The molecule has 1 aromatic carbocycles. The van der Waals surface area contributed by atoms with E-state index in [0.29, 0.717) is 10.0 Å². The average Bonchev–Trinajstić information content (AvgIpc) is 2.95. The van der Waals surface area contributed by atoms with E-state index in [2.05, 4.69) is 5.32 Å². The molecule has 1 aromatic heterocycles. The van der Waals surface area contributed by atoms with Crippen LogP contribution < -0.4 is 5.32 Å². The highest BCUT2D eigenvalue weighted by Gasteiger charge is 2.24. The third-order valence-electron chi connectivity index (χ3n) is 3.23. The van der Waals surface area contributed by atoms with E-state index in [4.69, 9.17) is 11.6 Å². The number of carbonyl (C=O) groups excluding carboxylic acids is 1. The first-order valence-electron chi connectivity index (χ1n) is 6.93. The van der Waals surface area contributed by atoms with Gasteiger partial charge < -0.3 is 5.32 Å². The van der Waals surface area contributed by atoms with Gasteiger partial charge in [0.25, 0.3) is 10.0 Å². The van der Waals surface area contributed by atoms with Crippen molar-refractivity contribution in [1.29, 1.82) is 0 Å². The Balaban J connectivity index is 2.01. The maximum Gasteiger partial charge on any atom is 0.252 e. The molecule has 2 aromatic rings. The second kappa shape index (κ2) is 7.44. The molecule has 1 heterocycles. The molecule has 0 fully saturated rings. The third kappa shape index (κ3) is 4.54. The van der Waals surface area contributed by atoms with Crippen LogP contribution in [0.4, 0.5) is 5.69 Å². The molecule has 0 unspecified atom stereocenters. The van der Waals surface area contributed by atoms with Gasteiger partial charge in [-0.25, -0.2) is 8.42 Å². The van der Waals surface area contributed by atoms with Crippen LogP contribution in [0.15, 0.2) is 40.6 Å². The number of aryl methyl sites for hydroxylation is 1. The number of rotatable bonds is 6. The minimum absolute atomic E-state index is 0.116. The van der Waals surface area contributed by atoms with Crippen LogP contribution in [0.25, 0.3) is 0 Å². The van der Waals surface area contributed by atoms with Crippen LogP contribution in [-0.2, 0) is 21.2 Å². The molecular weight excluding hydrogens is 356 g/mol. The van der Waals surface area contributed by atoms with Gasteiger partial charge in [-0.2, -0.15) is 4.31 Å². The third-order valence-corrected chi connectivity index (χ3v) is 6.73. The Bertz CT molecular complexity index is 785. The van der Waals surface area contributed by atoms with Gasteiger partial charge >= 0.3 is 0 Å². The summed E-state index contributed by atoms with van der Waals surface area (Å²) < 4.78 is 26.1. The van der Waals surface area contributed by atoms with Gasteiger partial charge in [-0.05, 0) is 36.2 Å². The van der Waals surface area contributed by atoms with E-state index in [1.807, 2.05) is 19.1 Å². The number of carbonyl (C=O) groups is 1. The lowest BCUT2D eigenvalue weighted by Gasteiger charge is -2.15. The van der Waals surface area contributed by atoms with Crippen molar-refractivity contribution in [2.45, 2.75) is 17.6 Å². The molecule has 8 heteroatoms. The summed E-state index contributed by atoms with van der Waals surface area (Å²) in [6, 6.07) is 10.4. The maximum atomic E-state index is 12.3. The molecule has 0 spiro atoms. The molecule has 1 N–H and O–H groups in total. The van der Waals surface area contributed by atoms with Crippen molar-refractivity contribution in [1.82, 2.24) is 4.31 Å². The largest absolute Gasteiger partial charge is 0.325 e. The first-order chi connectivity index (χ1) is 10.8. The van der Waals surface area contributed by atoms with E-state index in [1.54, 1.807) is 12.1 Å². The molecule has 23 heavy (non-hydrogen) atoms. The van der Waals surface area contributed by atoms with Crippen molar-refractivity contribution in [3.05, 3.63) is 46.3 Å². The summed E-state index contributed by atoms with van der Waals surface area (Å²) in [7, 11) is -2.35. The van der Waals surface area contributed by atoms with Crippen LogP contribution >= 0.6 is 22.9 Å². The van der Waals surface area contributed by atoms with Gasteiger partial charge in [0.15, 0.2) is 0 Å². The van der Waals surface area contributed by atoms with E-state index >= 15 is 0 Å². The Labute approximate surface area is 144 Å². The smallest absolute Gasteiger partial charge is 0.252 e. The molecule has 1 amide bonds. The fraction of sp³-hybridized carbons (Fsp3) is 0.267. The van der Waals surface area contributed by atoms with Gasteiger partial charge in [-0.1, -0.05) is 30.7 Å². The topological polar surface area (TPSA) is 66.5 Å². The molecule has 0 atom stereocenters. The number of hydrogen-bond acceptors (Lipinski definition) is 4. The summed E-state index contributed by atoms with van der Waals surface area (Å²) in [4.78, 5) is 12.0. The minimum atomic E-state index is -3.71. The molecule has 5 nitrogen and oxygen atoms in total. The Morgan fingerprint density at radius 3 is 2.39 bits per heavy atom. The zero-order chi connectivity index (χ0) is 17.0. The zero-order valence-corrected chi connectivity index (χ0v) is 15.1. The highest BCUT2D eigenvalue weighted by molar-refractivity contribution is 7.91. The fourth-order valence-corrected chi connectivity index (χ4v) is 4.72. The number of anilines is 1. The molecule has 0 aliphatic carbocycles. The molecule has 124 valence electrons. The number of thiophene rings is 1. The number of nitrogens with zero attached hydrogens (tertiary/aromatic N) is 1. The molecule has 0 aliphatic rings. The lowest BCUT2D eigenvalue weighted by atomic mass is 10.1. The van der Waals surface area contributed by atoms with Gasteiger partial charge in [-0.15, -0.1) is 11.3 Å². The fourth-order valence-electron chi connectivity index (χ4n) is 1.90. The Kier molecular flexibility index (Phi) is 5.80. The standard InChI is InChI=1S/C15H17ClN2O3S2/c1-3-11-4-6-12(7-5-11)17-14(19)10-18(2)23(20,21)15-9-8-13(16)22-15/h4-9H,3,10H2,1-2H3,(H,17,19). The number of hydrogen-bond donors (Lipinski definition) is 1. The molecule has 0 saturated heterocycles. The van der Waals surface area contributed by atoms with Crippen molar-refractivity contribution in [3.63, 3.8) is 0 Å². The van der Waals surface area contributed by atoms with Crippen molar-refractivity contribution in [2.24, 2.45) is 0 Å². The summed E-state index contributed by atoms with van der Waals surface area (Å²) in [5.74, 6) is -0.400. The number of sulfonamides is 1. The average molecular weight is 373 g/mol. The summed E-state index contributed by atoms with van der Waals surface area (Å²) in [5, 5.41) is 2.69. The Morgan fingerprint density at radius 2 is 1.87 bits per heavy atom. The highest BCUT2D eigenvalue weighted by atomic mass is 35.5. The monoisotopic (exact) mass is 372 g/mol. The SMILES string of the molecule is CCc1ccc(NC(=O)CN(C)S(=O)(=O)c2ccc(Cl)s2)cc1. The first-order valence-corrected chi connectivity index (χ1v) is 9.57. The number of likely N-dealkylation sites (N-methyl/N-ethyl adjacent to an activating group) is 1. The van der Waals surface area contributed by atoms with E-state index in [-0.39, 0.29) is 10.8 Å². The van der Waals surface area contributed by atoms with Crippen molar-refractivity contribution in [3.8, 4) is 0 Å². The molecule has 0 aliphatic heterocycles. The number of nitrogens with one attached hydrogen (secondary N) is 1. The number of amides is 1. The molecule has 0 saturated carbocycles. The van der Waals surface area contributed by atoms with Gasteiger partial charge in [0.05, 0.1) is 10.9 Å². The summed E-state index contributed by atoms with van der Waals surface area (Å²) >= 11 is 6.73. The second-order valence-electron chi connectivity index (χ2n) is 4.92. The number of halogens is 1. The molecule has 0 bridgehead atoms. The lowest BCUT2D eigenvalue weighted by molar-refractivity contribution is -0.116. The van der Waals surface area contributed by atoms with Crippen molar-refractivity contribution >= 4 is 44.6 Å². The molecule has 2 rings (SSSR count). The van der Waals surface area contributed by atoms with Crippen molar-refractivity contribution in [2.75, 3.05) is 18.9 Å². The zero-order valence-electron chi connectivity index (χ0n) is 12.7. The second-order valence-corrected chi connectivity index (χ2v) is 8.91. The predicted octanol–water partition coefficient (Wildman–Crippen LogP) is 3.22. The van der Waals surface area contributed by atoms with E-state index in [0.717, 1.165) is 27.6 Å². The first kappa shape index (κ1) is 17.9. The van der Waals surface area contributed by atoms with Crippen LogP contribution in [0.5, 0.6) is 0 Å². The highest BCUT2D eigenvalue weighted by Crippen LogP contribution is 2.27. The summed E-state index contributed by atoms with van der Waals surface area (Å²) in [6.07, 6.45) is 0.915. The minimum Gasteiger partial charge on any atom is -0.325 e. The predicted molar refractivity (Wildman–Crippen MR) is 93.6 cm³/mol. The van der Waals surface area contributed by atoms with Gasteiger partial charge in [0.1, 0.15) is 4.21 Å². The van der Waals surface area contributed by atoms with E-state index in [9.17, 15) is 13.2 Å². The normalized spacial score (nSPS) is 11.7. The van der Waals surface area contributed by atoms with Crippen LogP contribution in [-0.4, -0.2) is 32.2 Å². The number of benzene rings is 1. The maximum absolute atomic E-state index is 12.3. The van der Waals surface area contributed by atoms with Gasteiger partial charge in [-0.3, -0.25) is 4.79 Å². The summed E-state index contributed by atoms with van der Waals surface area (Å²) in [5.41, 5.74) is 1.80. The van der Waals surface area contributed by atoms with Gasteiger partial charge in [0, 0.05) is 12.7 Å². The van der Waals surface area contributed by atoms with E-state index < -0.39 is 15.9 Å². The quantitative estimate of drug-likeness (QED) is 0.846. The molecular formula is C15H17ClN2O3S2. The molecule has 0 radical (unpaired) electrons. The van der Waals surface area contributed by atoms with Gasteiger partial charge in [0.2, 0.25) is 5.91 Å². The Hall–Kier alpha value is -1.41. The van der Waals surface area contributed by atoms with E-state index in [1.165, 1.54) is 19.2 Å². The van der Waals surface area contributed by atoms with Crippen LogP contribution in [0, 0.1) is 0 Å². The summed E-state index contributed by atoms with van der Waals surface area (Å²) in [6.45, 7) is 1.78. The lowest BCUT2D eigenvalue weighted by Crippen LogP contribution is -2.34.